The van der Waals surface area contributed by atoms with E-state index in [4.69, 9.17) is 0 Å². The Labute approximate surface area is 148 Å². The van der Waals surface area contributed by atoms with E-state index in [0.29, 0.717) is 17.9 Å². The van der Waals surface area contributed by atoms with Crippen molar-refractivity contribution in [1.82, 2.24) is 14.8 Å². The monoisotopic (exact) mass is 372 g/mol. The second-order valence-electron chi connectivity index (χ2n) is 5.31. The van der Waals surface area contributed by atoms with Crippen LogP contribution in [-0.4, -0.2) is 44.9 Å². The molecule has 0 bridgehead atoms. The number of nitrogens with zero attached hydrogens (tertiary/aromatic N) is 4. The molecule has 0 radical (unpaired) electrons. The average Bonchev–Trinajstić information content (AvgIpc) is 2.94. The Balaban J connectivity index is 2.05. The minimum absolute atomic E-state index is 0.00142. The van der Waals surface area contributed by atoms with E-state index in [1.54, 1.807) is 36.3 Å². The fourth-order valence-electron chi connectivity index (χ4n) is 2.24. The zero-order chi connectivity index (χ0) is 18.4. The fourth-order valence-corrected chi connectivity index (χ4v) is 3.09. The number of anilines is 1. The minimum Gasteiger partial charge on any atom is -0.309 e. The standard InChI is InChI=1S/C16H19F3N4OS/c1-3-22(15(24)11-25-8-6-16(17,18)19)14-10-23(21-12(14)2)13-5-4-7-20-9-13/h4-5,7,9-10H,3,6,8,11H2,1-2H3. The van der Waals surface area contributed by atoms with Crippen LogP contribution in [0.25, 0.3) is 5.69 Å². The second kappa shape index (κ2) is 8.37. The van der Waals surface area contributed by atoms with Gasteiger partial charge in [0.25, 0.3) is 0 Å². The van der Waals surface area contributed by atoms with Gasteiger partial charge in [0.05, 0.1) is 41.6 Å². The molecule has 0 aliphatic carbocycles. The molecule has 25 heavy (non-hydrogen) atoms. The van der Waals surface area contributed by atoms with E-state index in [1.807, 2.05) is 13.0 Å². The van der Waals surface area contributed by atoms with E-state index in [2.05, 4.69) is 10.1 Å². The summed E-state index contributed by atoms with van der Waals surface area (Å²) in [5, 5.41) is 4.39. The summed E-state index contributed by atoms with van der Waals surface area (Å²) in [5.41, 5.74) is 2.08. The summed E-state index contributed by atoms with van der Waals surface area (Å²) in [5.74, 6) is -0.356. The van der Waals surface area contributed by atoms with Crippen molar-refractivity contribution in [2.45, 2.75) is 26.4 Å². The maximum atomic E-state index is 12.4. The maximum absolute atomic E-state index is 12.4. The molecule has 5 nitrogen and oxygen atoms in total. The third-order valence-corrected chi connectivity index (χ3v) is 4.39. The molecule has 0 unspecified atom stereocenters. The van der Waals surface area contributed by atoms with Gasteiger partial charge in [-0.25, -0.2) is 4.68 Å². The molecule has 1 amide bonds. The maximum Gasteiger partial charge on any atom is 0.389 e. The van der Waals surface area contributed by atoms with Gasteiger partial charge >= 0.3 is 6.18 Å². The summed E-state index contributed by atoms with van der Waals surface area (Å²) in [7, 11) is 0. The largest absolute Gasteiger partial charge is 0.389 e. The van der Waals surface area contributed by atoms with Crippen LogP contribution in [0.15, 0.2) is 30.7 Å². The van der Waals surface area contributed by atoms with Crippen LogP contribution in [-0.2, 0) is 4.79 Å². The van der Waals surface area contributed by atoms with Crippen LogP contribution in [0, 0.1) is 6.92 Å². The highest BCUT2D eigenvalue weighted by Gasteiger charge is 2.26. The number of carbonyl (C=O) groups excluding carboxylic acids is 1. The number of thioether (sulfide) groups is 1. The van der Waals surface area contributed by atoms with Crippen molar-refractivity contribution in [1.29, 1.82) is 0 Å². The number of halogens is 3. The molecule has 0 saturated heterocycles. The van der Waals surface area contributed by atoms with Crippen LogP contribution in [0.3, 0.4) is 0 Å². The Kier molecular flexibility index (Phi) is 6.46. The quantitative estimate of drug-likeness (QED) is 0.697. The molecule has 0 fully saturated rings. The first-order valence-electron chi connectivity index (χ1n) is 7.73. The van der Waals surface area contributed by atoms with Crippen molar-refractivity contribution in [3.63, 3.8) is 0 Å². The van der Waals surface area contributed by atoms with Gasteiger partial charge in [0.1, 0.15) is 0 Å². The zero-order valence-corrected chi connectivity index (χ0v) is 14.8. The van der Waals surface area contributed by atoms with Crippen molar-refractivity contribution in [2.24, 2.45) is 0 Å². The zero-order valence-electron chi connectivity index (χ0n) is 14.0. The first-order chi connectivity index (χ1) is 11.8. The molecule has 2 aromatic heterocycles. The minimum atomic E-state index is -4.19. The molecule has 136 valence electrons. The van der Waals surface area contributed by atoms with Gasteiger partial charge in [-0.05, 0) is 26.0 Å². The fraction of sp³-hybridized carbons (Fsp3) is 0.438. The third-order valence-electron chi connectivity index (χ3n) is 3.45. The highest BCUT2D eigenvalue weighted by Crippen LogP contribution is 2.24. The van der Waals surface area contributed by atoms with Gasteiger partial charge in [-0.1, -0.05) is 0 Å². The van der Waals surface area contributed by atoms with Gasteiger partial charge in [-0.15, -0.1) is 0 Å². The van der Waals surface area contributed by atoms with E-state index < -0.39 is 12.6 Å². The normalized spacial score (nSPS) is 11.6. The lowest BCUT2D eigenvalue weighted by Crippen LogP contribution is -2.32. The van der Waals surface area contributed by atoms with Crippen LogP contribution in [0.4, 0.5) is 18.9 Å². The van der Waals surface area contributed by atoms with Crippen molar-refractivity contribution in [3.8, 4) is 5.69 Å². The predicted molar refractivity (Wildman–Crippen MR) is 92.1 cm³/mol. The Morgan fingerprint density at radius 2 is 2.16 bits per heavy atom. The number of alkyl halides is 3. The van der Waals surface area contributed by atoms with Crippen molar-refractivity contribution < 1.29 is 18.0 Å². The molecular formula is C16H19F3N4OS. The molecule has 0 N–H and O–H groups in total. The third kappa shape index (κ3) is 5.48. The number of carbonyl (C=O) groups is 1. The van der Waals surface area contributed by atoms with Crippen LogP contribution in [0.5, 0.6) is 0 Å². The SMILES string of the molecule is CCN(C(=O)CSCCC(F)(F)F)c1cn(-c2cccnc2)nc1C. The number of pyridine rings is 1. The van der Waals surface area contributed by atoms with E-state index in [-0.39, 0.29) is 17.4 Å². The summed E-state index contributed by atoms with van der Waals surface area (Å²) in [6.07, 6.45) is -0.0484. The van der Waals surface area contributed by atoms with Gasteiger partial charge in [-0.2, -0.15) is 30.0 Å². The number of hydrogen-bond acceptors (Lipinski definition) is 4. The Hall–Kier alpha value is -2.03. The number of aryl methyl sites for hydroxylation is 1. The van der Waals surface area contributed by atoms with E-state index >= 15 is 0 Å². The summed E-state index contributed by atoms with van der Waals surface area (Å²) in [4.78, 5) is 17.9. The van der Waals surface area contributed by atoms with Crippen LogP contribution < -0.4 is 4.90 Å². The first-order valence-corrected chi connectivity index (χ1v) is 8.89. The molecule has 0 spiro atoms. The summed E-state index contributed by atoms with van der Waals surface area (Å²) in [6, 6.07) is 3.63. The van der Waals surface area contributed by atoms with Gasteiger partial charge < -0.3 is 4.90 Å². The number of rotatable bonds is 7. The molecule has 2 rings (SSSR count). The summed E-state index contributed by atoms with van der Waals surface area (Å²) < 4.78 is 38.1. The molecule has 0 aromatic carbocycles. The Bertz CT molecular complexity index is 703. The summed E-state index contributed by atoms with van der Waals surface area (Å²) >= 11 is 0.987. The van der Waals surface area contributed by atoms with Crippen LogP contribution >= 0.6 is 11.8 Å². The molecule has 2 aromatic rings. The highest BCUT2D eigenvalue weighted by molar-refractivity contribution is 7.99. The van der Waals surface area contributed by atoms with E-state index in [0.717, 1.165) is 17.4 Å². The lowest BCUT2D eigenvalue weighted by Gasteiger charge is -2.20. The van der Waals surface area contributed by atoms with Crippen molar-refractivity contribution in [3.05, 3.63) is 36.4 Å². The molecule has 0 saturated carbocycles. The molecule has 9 heteroatoms. The molecule has 2 heterocycles. The highest BCUT2D eigenvalue weighted by atomic mass is 32.2. The van der Waals surface area contributed by atoms with Gasteiger partial charge in [0.2, 0.25) is 5.91 Å². The Morgan fingerprint density at radius 1 is 1.40 bits per heavy atom. The lowest BCUT2D eigenvalue weighted by atomic mass is 10.3. The van der Waals surface area contributed by atoms with Crippen molar-refractivity contribution in [2.75, 3.05) is 23.0 Å². The number of hydrogen-bond donors (Lipinski definition) is 0. The number of aromatic nitrogens is 3. The van der Waals surface area contributed by atoms with Crippen LogP contribution in [0.1, 0.15) is 19.0 Å². The predicted octanol–water partition coefficient (Wildman–Crippen LogP) is 3.61. The summed E-state index contributed by atoms with van der Waals surface area (Å²) in [6.45, 7) is 4.02. The van der Waals surface area contributed by atoms with Gasteiger partial charge in [0, 0.05) is 18.5 Å². The Morgan fingerprint density at radius 3 is 2.76 bits per heavy atom. The van der Waals surface area contributed by atoms with E-state index in [9.17, 15) is 18.0 Å². The number of amides is 1. The average molecular weight is 372 g/mol. The van der Waals surface area contributed by atoms with Gasteiger partial charge in [0.15, 0.2) is 0 Å². The van der Waals surface area contributed by atoms with Gasteiger partial charge in [-0.3, -0.25) is 9.78 Å². The molecule has 0 aliphatic heterocycles. The first kappa shape index (κ1) is 19.3. The molecule has 0 aliphatic rings. The van der Waals surface area contributed by atoms with E-state index in [1.165, 1.54) is 4.90 Å². The second-order valence-corrected chi connectivity index (χ2v) is 6.42. The van der Waals surface area contributed by atoms with Crippen molar-refractivity contribution >= 4 is 23.4 Å². The van der Waals surface area contributed by atoms with Crippen LogP contribution in [0.2, 0.25) is 0 Å². The smallest absolute Gasteiger partial charge is 0.309 e. The molecular weight excluding hydrogens is 353 g/mol. The molecule has 0 atom stereocenters. The lowest BCUT2D eigenvalue weighted by molar-refractivity contribution is -0.129. The topological polar surface area (TPSA) is 51.0 Å².